The van der Waals surface area contributed by atoms with Crippen molar-refractivity contribution < 1.29 is 19.3 Å². The van der Waals surface area contributed by atoms with Crippen molar-refractivity contribution in [3.63, 3.8) is 0 Å². The van der Waals surface area contributed by atoms with E-state index in [1.807, 2.05) is 4.90 Å². The van der Waals surface area contributed by atoms with Crippen LogP contribution >= 0.6 is 11.3 Å². The van der Waals surface area contributed by atoms with Crippen molar-refractivity contribution in [2.24, 2.45) is 0 Å². The summed E-state index contributed by atoms with van der Waals surface area (Å²) in [5.74, 6) is -0.386. The van der Waals surface area contributed by atoms with E-state index in [2.05, 4.69) is 16.8 Å². The van der Waals surface area contributed by atoms with Gasteiger partial charge >= 0.3 is 0 Å². The Bertz CT molecular complexity index is 838. The summed E-state index contributed by atoms with van der Waals surface area (Å²) in [6.07, 6.45) is 0.875. The highest BCUT2D eigenvalue weighted by atomic mass is 32.1. The van der Waals surface area contributed by atoms with Crippen molar-refractivity contribution in [1.29, 1.82) is 0 Å². The minimum absolute atomic E-state index is 0.117. The number of carbonyl (C=O) groups excluding carboxylic acids is 3. The molecule has 1 aromatic heterocycles. The van der Waals surface area contributed by atoms with Crippen molar-refractivity contribution in [3.05, 3.63) is 57.8 Å². The molecule has 146 valence electrons. The highest BCUT2D eigenvalue weighted by Gasteiger charge is 2.34. The summed E-state index contributed by atoms with van der Waals surface area (Å²) in [6, 6.07) is 9.04. The van der Waals surface area contributed by atoms with Crippen LogP contribution in [0.5, 0.6) is 0 Å². The number of fused-ring (bicyclic) bond motifs is 1. The minimum atomic E-state index is -0.251. The first-order valence-corrected chi connectivity index (χ1v) is 10.7. The SMILES string of the molecule is O=C(CCCN1C(=O)c2ccccc2C1=O)N1CC[NH+](Cc2ccsc2)CC1. The van der Waals surface area contributed by atoms with Crippen LogP contribution in [0.15, 0.2) is 41.1 Å². The second-order valence-electron chi connectivity index (χ2n) is 7.35. The Hall–Kier alpha value is -2.51. The molecule has 0 saturated carbocycles. The van der Waals surface area contributed by atoms with Gasteiger partial charge in [0.15, 0.2) is 0 Å². The highest BCUT2D eigenvalue weighted by molar-refractivity contribution is 7.07. The molecule has 1 fully saturated rings. The van der Waals surface area contributed by atoms with E-state index in [-0.39, 0.29) is 17.7 Å². The lowest BCUT2D eigenvalue weighted by Gasteiger charge is -2.32. The van der Waals surface area contributed by atoms with Crippen LogP contribution in [-0.2, 0) is 11.3 Å². The van der Waals surface area contributed by atoms with Gasteiger partial charge in [-0.1, -0.05) is 12.1 Å². The fourth-order valence-corrected chi connectivity index (χ4v) is 4.59. The molecule has 28 heavy (non-hydrogen) atoms. The summed E-state index contributed by atoms with van der Waals surface area (Å²) in [5, 5.41) is 4.28. The van der Waals surface area contributed by atoms with Gasteiger partial charge in [0.05, 0.1) is 37.3 Å². The van der Waals surface area contributed by atoms with Gasteiger partial charge in [0.1, 0.15) is 6.54 Å². The number of amides is 3. The molecule has 0 spiro atoms. The summed E-state index contributed by atoms with van der Waals surface area (Å²) in [7, 11) is 0. The smallest absolute Gasteiger partial charge is 0.261 e. The maximum absolute atomic E-state index is 12.5. The molecule has 1 N–H and O–H groups in total. The summed E-state index contributed by atoms with van der Waals surface area (Å²) in [4.78, 5) is 41.9. The first-order valence-electron chi connectivity index (χ1n) is 9.71. The van der Waals surface area contributed by atoms with E-state index in [1.54, 1.807) is 35.6 Å². The number of rotatable bonds is 6. The largest absolute Gasteiger partial charge is 0.331 e. The summed E-state index contributed by atoms with van der Waals surface area (Å²) in [5.41, 5.74) is 2.29. The third kappa shape index (κ3) is 3.86. The van der Waals surface area contributed by atoms with E-state index < -0.39 is 0 Å². The maximum Gasteiger partial charge on any atom is 0.261 e. The van der Waals surface area contributed by atoms with Crippen LogP contribution < -0.4 is 4.90 Å². The van der Waals surface area contributed by atoms with Gasteiger partial charge in [-0.25, -0.2) is 0 Å². The molecule has 6 nitrogen and oxygen atoms in total. The van der Waals surface area contributed by atoms with Crippen molar-refractivity contribution in [1.82, 2.24) is 9.80 Å². The van der Waals surface area contributed by atoms with Crippen molar-refractivity contribution in [2.45, 2.75) is 19.4 Å². The third-order valence-corrected chi connectivity index (χ3v) is 6.24. The molecule has 2 aromatic rings. The van der Waals surface area contributed by atoms with E-state index >= 15 is 0 Å². The predicted octanol–water partition coefficient (Wildman–Crippen LogP) is 1.05. The molecule has 0 radical (unpaired) electrons. The summed E-state index contributed by atoms with van der Waals surface area (Å²) in [6.45, 7) is 4.77. The van der Waals surface area contributed by atoms with Gasteiger partial charge in [0.25, 0.3) is 11.8 Å². The van der Waals surface area contributed by atoms with E-state index in [4.69, 9.17) is 0 Å². The van der Waals surface area contributed by atoms with Gasteiger partial charge in [-0.15, -0.1) is 0 Å². The molecule has 7 heteroatoms. The van der Waals surface area contributed by atoms with Crippen molar-refractivity contribution in [2.75, 3.05) is 32.7 Å². The molecule has 4 rings (SSSR count). The third-order valence-electron chi connectivity index (χ3n) is 5.51. The van der Waals surface area contributed by atoms with E-state index in [0.717, 1.165) is 32.7 Å². The Morgan fingerprint density at radius 3 is 2.32 bits per heavy atom. The molecule has 0 aliphatic carbocycles. The molecule has 0 unspecified atom stereocenters. The highest BCUT2D eigenvalue weighted by Crippen LogP contribution is 2.22. The molecule has 1 saturated heterocycles. The second-order valence-corrected chi connectivity index (χ2v) is 8.13. The zero-order valence-corrected chi connectivity index (χ0v) is 16.5. The molecular formula is C21H24N3O3S+. The number of piperazine rings is 1. The second kappa shape index (κ2) is 8.24. The van der Waals surface area contributed by atoms with E-state index in [0.29, 0.717) is 30.5 Å². The van der Waals surface area contributed by atoms with Crippen LogP contribution in [0.4, 0.5) is 0 Å². The number of hydrogen-bond donors (Lipinski definition) is 1. The Kier molecular flexibility index (Phi) is 5.54. The van der Waals surface area contributed by atoms with Crippen LogP contribution in [0.25, 0.3) is 0 Å². The zero-order valence-electron chi connectivity index (χ0n) is 15.7. The van der Waals surface area contributed by atoms with Gasteiger partial charge in [-0.2, -0.15) is 11.3 Å². The standard InChI is InChI=1S/C21H23N3O3S/c25-19(23-11-9-22(10-12-23)14-16-7-13-28-15-16)6-3-8-24-20(26)17-4-1-2-5-18(17)21(24)27/h1-2,4-5,7,13,15H,3,6,8-12,14H2/p+1. The van der Waals surface area contributed by atoms with Gasteiger partial charge in [0, 0.05) is 18.5 Å². The predicted molar refractivity (Wildman–Crippen MR) is 106 cm³/mol. The number of hydrogen-bond acceptors (Lipinski definition) is 4. The topological polar surface area (TPSA) is 62.1 Å². The molecule has 3 amide bonds. The van der Waals surface area contributed by atoms with Crippen LogP contribution in [-0.4, -0.2) is 60.2 Å². The monoisotopic (exact) mass is 398 g/mol. The fraction of sp³-hybridized carbons (Fsp3) is 0.381. The number of nitrogens with zero attached hydrogens (tertiary/aromatic N) is 2. The number of carbonyl (C=O) groups is 3. The van der Waals surface area contributed by atoms with Crippen LogP contribution in [0, 0.1) is 0 Å². The number of quaternary nitrogens is 1. The van der Waals surface area contributed by atoms with Gasteiger partial charge < -0.3 is 9.80 Å². The normalized spacial score (nSPS) is 17.3. The number of thiophene rings is 1. The lowest BCUT2D eigenvalue weighted by atomic mass is 10.1. The number of imide groups is 1. The van der Waals surface area contributed by atoms with Crippen molar-refractivity contribution >= 4 is 29.1 Å². The molecule has 0 atom stereocenters. The fourth-order valence-electron chi connectivity index (χ4n) is 3.92. The zero-order chi connectivity index (χ0) is 19.5. The molecule has 2 aliphatic rings. The molecular weight excluding hydrogens is 374 g/mol. The molecule has 2 aliphatic heterocycles. The number of nitrogens with one attached hydrogen (secondary N) is 1. The van der Waals surface area contributed by atoms with Crippen LogP contribution in [0.1, 0.15) is 39.1 Å². The van der Waals surface area contributed by atoms with Crippen molar-refractivity contribution in [3.8, 4) is 0 Å². The molecule has 0 bridgehead atoms. The van der Waals surface area contributed by atoms with Gasteiger partial charge in [-0.05, 0) is 35.4 Å². The average molecular weight is 399 g/mol. The maximum atomic E-state index is 12.5. The Labute approximate surface area is 168 Å². The first kappa shape index (κ1) is 18.8. The first-order chi connectivity index (χ1) is 13.6. The molecule has 1 aromatic carbocycles. The molecule has 3 heterocycles. The lowest BCUT2D eigenvalue weighted by molar-refractivity contribution is -0.917. The summed E-state index contributed by atoms with van der Waals surface area (Å²) >= 11 is 1.72. The summed E-state index contributed by atoms with van der Waals surface area (Å²) < 4.78 is 0. The lowest BCUT2D eigenvalue weighted by Crippen LogP contribution is -3.13. The number of benzene rings is 1. The van der Waals surface area contributed by atoms with Crippen LogP contribution in [0.3, 0.4) is 0 Å². The Morgan fingerprint density at radius 2 is 1.71 bits per heavy atom. The Balaban J connectivity index is 1.21. The quantitative estimate of drug-likeness (QED) is 0.740. The average Bonchev–Trinajstić information content (AvgIpc) is 3.31. The van der Waals surface area contributed by atoms with E-state index in [1.165, 1.54) is 15.4 Å². The minimum Gasteiger partial charge on any atom is -0.331 e. The van der Waals surface area contributed by atoms with Gasteiger partial charge in [0.2, 0.25) is 5.91 Å². The van der Waals surface area contributed by atoms with E-state index in [9.17, 15) is 14.4 Å². The van der Waals surface area contributed by atoms with Gasteiger partial charge in [-0.3, -0.25) is 19.3 Å². The van der Waals surface area contributed by atoms with Crippen LogP contribution in [0.2, 0.25) is 0 Å². The Morgan fingerprint density at radius 1 is 1.04 bits per heavy atom.